The van der Waals surface area contributed by atoms with E-state index in [0.29, 0.717) is 0 Å². The number of rotatable bonds is 2. The van der Waals surface area contributed by atoms with E-state index in [1.54, 1.807) is 0 Å². The first kappa shape index (κ1) is 9.47. The third kappa shape index (κ3) is 1.60. The summed E-state index contributed by atoms with van der Waals surface area (Å²) in [5.41, 5.74) is 1.41. The summed E-state index contributed by atoms with van der Waals surface area (Å²) in [6, 6.07) is 8.60. The van der Waals surface area contributed by atoms with Crippen LogP contribution in [0.25, 0.3) is 16.2 Å². The van der Waals surface area contributed by atoms with E-state index in [-0.39, 0.29) is 0 Å². The molecule has 1 aromatic heterocycles. The summed E-state index contributed by atoms with van der Waals surface area (Å²) in [5.74, 6) is 0. The molecule has 0 atom stereocenters. The van der Waals surface area contributed by atoms with Crippen molar-refractivity contribution in [2.24, 2.45) is 0 Å². The Morgan fingerprint density at radius 2 is 2.07 bits per heavy atom. The van der Waals surface area contributed by atoms with Crippen molar-refractivity contribution in [3.63, 3.8) is 0 Å². The van der Waals surface area contributed by atoms with Crippen molar-refractivity contribution < 1.29 is 0 Å². The third-order valence-corrected chi connectivity index (χ3v) is 3.62. The molecule has 2 rings (SSSR count). The highest BCUT2D eigenvalue weighted by Gasteiger charge is 2.03. The second kappa shape index (κ2) is 3.97. The molecule has 0 fully saturated rings. The fourth-order valence-corrected chi connectivity index (χ4v) is 2.72. The first-order valence-electron chi connectivity index (χ1n) is 4.97. The minimum absolute atomic E-state index is 1.10. The lowest BCUT2D eigenvalue weighted by atomic mass is 10.1. The maximum absolute atomic E-state index is 2.24. The van der Waals surface area contributed by atoms with Gasteiger partial charge in [0, 0.05) is 9.58 Å². The van der Waals surface area contributed by atoms with Gasteiger partial charge in [0.25, 0.3) is 0 Å². The number of fused-ring (bicyclic) bond motifs is 1. The van der Waals surface area contributed by atoms with Gasteiger partial charge in [0.05, 0.1) is 0 Å². The molecule has 0 aliphatic heterocycles. The van der Waals surface area contributed by atoms with Crippen molar-refractivity contribution in [3.05, 3.63) is 40.8 Å². The van der Waals surface area contributed by atoms with Crippen LogP contribution in [0.15, 0.2) is 30.3 Å². The van der Waals surface area contributed by atoms with Crippen molar-refractivity contribution >= 4 is 27.5 Å². The topological polar surface area (TPSA) is 0 Å². The molecule has 1 aromatic carbocycles. The maximum Gasteiger partial charge on any atom is 0.0351 e. The molecule has 0 saturated heterocycles. The SMILES string of the molecule is CC/C=C\c1sc2ccccc2c1C. The standard InChI is InChI=1S/C13H14S/c1-3-4-8-12-10(2)11-7-5-6-9-13(11)14-12/h4-9H,3H2,1-2H3/b8-4-. The zero-order chi connectivity index (χ0) is 9.97. The second-order valence-electron chi connectivity index (χ2n) is 3.40. The fourth-order valence-electron chi connectivity index (χ4n) is 1.58. The number of benzene rings is 1. The van der Waals surface area contributed by atoms with E-state index >= 15 is 0 Å². The van der Waals surface area contributed by atoms with Gasteiger partial charge >= 0.3 is 0 Å². The molecule has 0 N–H and O–H groups in total. The first-order valence-corrected chi connectivity index (χ1v) is 5.79. The zero-order valence-electron chi connectivity index (χ0n) is 8.58. The van der Waals surface area contributed by atoms with E-state index < -0.39 is 0 Å². The van der Waals surface area contributed by atoms with Crippen molar-refractivity contribution in [3.8, 4) is 0 Å². The summed E-state index contributed by atoms with van der Waals surface area (Å²) in [4.78, 5) is 1.40. The van der Waals surface area contributed by atoms with Crippen LogP contribution >= 0.6 is 11.3 Å². The van der Waals surface area contributed by atoms with E-state index in [0.717, 1.165) is 6.42 Å². The van der Waals surface area contributed by atoms with Gasteiger partial charge in [-0.2, -0.15) is 0 Å². The van der Waals surface area contributed by atoms with Gasteiger partial charge in [-0.1, -0.05) is 31.2 Å². The van der Waals surface area contributed by atoms with Gasteiger partial charge in [-0.05, 0) is 36.4 Å². The summed E-state index contributed by atoms with van der Waals surface area (Å²) < 4.78 is 1.39. The van der Waals surface area contributed by atoms with Gasteiger partial charge in [0.1, 0.15) is 0 Å². The molecule has 0 spiro atoms. The predicted molar refractivity (Wildman–Crippen MR) is 65.9 cm³/mol. The molecule has 0 aliphatic carbocycles. The van der Waals surface area contributed by atoms with Crippen molar-refractivity contribution in [1.29, 1.82) is 0 Å². The minimum Gasteiger partial charge on any atom is -0.136 e. The smallest absolute Gasteiger partial charge is 0.0351 e. The highest BCUT2D eigenvalue weighted by Crippen LogP contribution is 2.31. The molecule has 0 aliphatic rings. The summed E-state index contributed by atoms with van der Waals surface area (Å²) in [6.45, 7) is 4.37. The summed E-state index contributed by atoms with van der Waals surface area (Å²) in [7, 11) is 0. The summed E-state index contributed by atoms with van der Waals surface area (Å²) in [6.07, 6.45) is 5.56. The van der Waals surface area contributed by atoms with E-state index in [9.17, 15) is 0 Å². The molecule has 0 unspecified atom stereocenters. The Morgan fingerprint density at radius 3 is 2.79 bits per heavy atom. The quantitative estimate of drug-likeness (QED) is 0.666. The van der Waals surface area contributed by atoms with Crippen molar-refractivity contribution in [1.82, 2.24) is 0 Å². The molecule has 14 heavy (non-hydrogen) atoms. The molecule has 1 heterocycles. The lowest BCUT2D eigenvalue weighted by Gasteiger charge is -1.90. The van der Waals surface area contributed by atoms with Crippen LogP contribution in [0.3, 0.4) is 0 Å². The van der Waals surface area contributed by atoms with Crippen LogP contribution in [0.1, 0.15) is 23.8 Å². The average Bonchev–Trinajstić information content (AvgIpc) is 2.54. The number of allylic oxidation sites excluding steroid dienone is 1. The molecule has 2 aromatic rings. The van der Waals surface area contributed by atoms with Gasteiger partial charge in [-0.25, -0.2) is 0 Å². The van der Waals surface area contributed by atoms with Crippen LogP contribution in [-0.2, 0) is 0 Å². The molecular formula is C13H14S. The van der Waals surface area contributed by atoms with Crippen LogP contribution in [0.5, 0.6) is 0 Å². The number of thiophene rings is 1. The number of hydrogen-bond donors (Lipinski definition) is 0. The molecule has 0 radical (unpaired) electrons. The summed E-state index contributed by atoms with van der Waals surface area (Å²) in [5, 5.41) is 1.40. The van der Waals surface area contributed by atoms with E-state index in [2.05, 4.69) is 50.3 Å². The van der Waals surface area contributed by atoms with Gasteiger partial charge in [-0.15, -0.1) is 11.3 Å². The predicted octanol–water partition coefficient (Wildman–Crippen LogP) is 4.63. The van der Waals surface area contributed by atoms with Gasteiger partial charge in [0.15, 0.2) is 0 Å². The largest absolute Gasteiger partial charge is 0.136 e. The van der Waals surface area contributed by atoms with Crippen LogP contribution in [0.2, 0.25) is 0 Å². The average molecular weight is 202 g/mol. The molecule has 72 valence electrons. The fraction of sp³-hybridized carbons (Fsp3) is 0.231. The molecule has 0 nitrogen and oxygen atoms in total. The van der Waals surface area contributed by atoms with Gasteiger partial charge in [0.2, 0.25) is 0 Å². The Kier molecular flexibility index (Phi) is 2.69. The third-order valence-electron chi connectivity index (χ3n) is 2.39. The Bertz CT molecular complexity index is 463. The molecule has 0 bridgehead atoms. The Hall–Kier alpha value is -1.08. The number of aryl methyl sites for hydroxylation is 1. The highest BCUT2D eigenvalue weighted by molar-refractivity contribution is 7.20. The Labute approximate surface area is 88.9 Å². The van der Waals surface area contributed by atoms with Crippen molar-refractivity contribution in [2.45, 2.75) is 20.3 Å². The lowest BCUT2D eigenvalue weighted by molar-refractivity contribution is 1.23. The van der Waals surface area contributed by atoms with Crippen LogP contribution in [0.4, 0.5) is 0 Å². The van der Waals surface area contributed by atoms with Crippen molar-refractivity contribution in [2.75, 3.05) is 0 Å². The molecule has 0 amide bonds. The maximum atomic E-state index is 2.24. The normalized spacial score (nSPS) is 11.6. The Morgan fingerprint density at radius 1 is 1.29 bits per heavy atom. The molecule has 1 heteroatoms. The lowest BCUT2D eigenvalue weighted by Crippen LogP contribution is -1.70. The van der Waals surface area contributed by atoms with Gasteiger partial charge < -0.3 is 0 Å². The molecule has 0 saturated carbocycles. The van der Waals surface area contributed by atoms with Crippen LogP contribution < -0.4 is 0 Å². The molecular weight excluding hydrogens is 188 g/mol. The zero-order valence-corrected chi connectivity index (χ0v) is 9.40. The Balaban J connectivity index is 2.57. The van der Waals surface area contributed by atoms with E-state index in [1.807, 2.05) is 11.3 Å². The highest BCUT2D eigenvalue weighted by atomic mass is 32.1. The van der Waals surface area contributed by atoms with E-state index in [1.165, 1.54) is 20.5 Å². The van der Waals surface area contributed by atoms with Crippen LogP contribution in [0, 0.1) is 6.92 Å². The van der Waals surface area contributed by atoms with E-state index in [4.69, 9.17) is 0 Å². The van der Waals surface area contributed by atoms with Gasteiger partial charge in [-0.3, -0.25) is 0 Å². The van der Waals surface area contributed by atoms with Crippen LogP contribution in [-0.4, -0.2) is 0 Å². The second-order valence-corrected chi connectivity index (χ2v) is 4.48. The monoisotopic (exact) mass is 202 g/mol. The first-order chi connectivity index (χ1) is 6.83. The summed E-state index contributed by atoms with van der Waals surface area (Å²) >= 11 is 1.88. The minimum atomic E-state index is 1.10. The number of hydrogen-bond acceptors (Lipinski definition) is 1.